The number of nitro groups is 1. The standard InChI is InChI=1S/C12H13ClN2O5/c1-19-12(16)11-7-14(4-5-20-11)9-3-2-8(13)6-10(9)15(17)18/h2-3,6,11H,4-5,7H2,1H3. The molecule has 0 aliphatic carbocycles. The number of methoxy groups -OCH3 is 1. The number of nitro benzene ring substituents is 1. The number of hydrogen-bond donors (Lipinski definition) is 0. The first kappa shape index (κ1) is 14.5. The van der Waals surface area contributed by atoms with Crippen LogP contribution in [0.4, 0.5) is 11.4 Å². The highest BCUT2D eigenvalue weighted by Gasteiger charge is 2.30. The third kappa shape index (κ3) is 3.00. The van der Waals surface area contributed by atoms with Crippen molar-refractivity contribution >= 4 is 28.9 Å². The maximum atomic E-state index is 11.5. The molecule has 1 aliphatic rings. The van der Waals surface area contributed by atoms with E-state index in [1.54, 1.807) is 17.0 Å². The van der Waals surface area contributed by atoms with Gasteiger partial charge in [-0.15, -0.1) is 0 Å². The molecule has 1 aliphatic heterocycles. The normalized spacial score (nSPS) is 18.7. The molecule has 108 valence electrons. The number of morpholine rings is 1. The van der Waals surface area contributed by atoms with E-state index in [0.717, 1.165) is 0 Å². The minimum absolute atomic E-state index is 0.0944. The van der Waals surface area contributed by atoms with E-state index < -0.39 is 17.0 Å². The van der Waals surface area contributed by atoms with Crippen molar-refractivity contribution in [3.05, 3.63) is 33.3 Å². The highest BCUT2D eigenvalue weighted by Crippen LogP contribution is 2.32. The van der Waals surface area contributed by atoms with Gasteiger partial charge in [0.2, 0.25) is 0 Å². The van der Waals surface area contributed by atoms with Crippen LogP contribution in [-0.2, 0) is 14.3 Å². The molecular formula is C12H13ClN2O5. The van der Waals surface area contributed by atoms with Gasteiger partial charge in [0.25, 0.3) is 5.69 Å². The van der Waals surface area contributed by atoms with Crippen LogP contribution in [0.5, 0.6) is 0 Å². The molecule has 0 radical (unpaired) electrons. The van der Waals surface area contributed by atoms with Crippen LogP contribution in [0.3, 0.4) is 0 Å². The van der Waals surface area contributed by atoms with Crippen LogP contribution in [0.2, 0.25) is 5.02 Å². The summed E-state index contributed by atoms with van der Waals surface area (Å²) in [5.74, 6) is -0.494. The van der Waals surface area contributed by atoms with Crippen molar-refractivity contribution in [2.75, 3.05) is 31.7 Å². The number of carbonyl (C=O) groups is 1. The van der Waals surface area contributed by atoms with E-state index in [-0.39, 0.29) is 12.2 Å². The van der Waals surface area contributed by atoms with Gasteiger partial charge in [0.15, 0.2) is 6.10 Å². The van der Waals surface area contributed by atoms with Crippen LogP contribution in [-0.4, -0.2) is 43.8 Å². The van der Waals surface area contributed by atoms with Crippen molar-refractivity contribution in [3.63, 3.8) is 0 Å². The highest BCUT2D eigenvalue weighted by molar-refractivity contribution is 6.30. The average molecular weight is 301 g/mol. The Morgan fingerprint density at radius 1 is 1.60 bits per heavy atom. The van der Waals surface area contributed by atoms with Gasteiger partial charge in [-0.05, 0) is 12.1 Å². The number of nitrogens with zero attached hydrogens (tertiary/aromatic N) is 2. The molecule has 0 bridgehead atoms. The minimum Gasteiger partial charge on any atom is -0.467 e. The first-order valence-corrected chi connectivity index (χ1v) is 6.29. The molecule has 0 spiro atoms. The molecule has 1 atom stereocenters. The first-order valence-electron chi connectivity index (χ1n) is 5.91. The summed E-state index contributed by atoms with van der Waals surface area (Å²) in [4.78, 5) is 23.8. The lowest BCUT2D eigenvalue weighted by molar-refractivity contribution is -0.384. The molecule has 1 unspecified atom stereocenters. The van der Waals surface area contributed by atoms with Gasteiger partial charge in [-0.25, -0.2) is 4.79 Å². The van der Waals surface area contributed by atoms with Crippen molar-refractivity contribution in [3.8, 4) is 0 Å². The van der Waals surface area contributed by atoms with Gasteiger partial charge in [-0.3, -0.25) is 10.1 Å². The van der Waals surface area contributed by atoms with Crippen molar-refractivity contribution in [1.29, 1.82) is 0 Å². The second-order valence-corrected chi connectivity index (χ2v) is 4.66. The molecule has 0 amide bonds. The van der Waals surface area contributed by atoms with Gasteiger partial charge in [0.05, 0.1) is 25.2 Å². The smallest absolute Gasteiger partial charge is 0.336 e. The predicted octanol–water partition coefficient (Wildman–Crippen LogP) is 1.63. The highest BCUT2D eigenvalue weighted by atomic mass is 35.5. The molecule has 0 aromatic heterocycles. The second-order valence-electron chi connectivity index (χ2n) is 4.22. The average Bonchev–Trinajstić information content (AvgIpc) is 2.46. The quantitative estimate of drug-likeness (QED) is 0.479. The lowest BCUT2D eigenvalue weighted by Crippen LogP contribution is -2.46. The summed E-state index contributed by atoms with van der Waals surface area (Å²) in [5, 5.41) is 11.4. The van der Waals surface area contributed by atoms with E-state index >= 15 is 0 Å². The number of rotatable bonds is 3. The minimum atomic E-state index is -0.746. The fourth-order valence-electron chi connectivity index (χ4n) is 2.05. The number of ether oxygens (including phenoxy) is 2. The topological polar surface area (TPSA) is 81.9 Å². The number of halogens is 1. The van der Waals surface area contributed by atoms with E-state index in [9.17, 15) is 14.9 Å². The van der Waals surface area contributed by atoms with Crippen molar-refractivity contribution in [2.24, 2.45) is 0 Å². The Morgan fingerprint density at radius 3 is 3.00 bits per heavy atom. The Hall–Kier alpha value is -1.86. The monoisotopic (exact) mass is 300 g/mol. The van der Waals surface area contributed by atoms with Gasteiger partial charge in [-0.2, -0.15) is 0 Å². The van der Waals surface area contributed by atoms with E-state index in [2.05, 4.69) is 4.74 Å². The van der Waals surface area contributed by atoms with Crippen molar-refractivity contribution in [1.82, 2.24) is 0 Å². The molecule has 0 N–H and O–H groups in total. The van der Waals surface area contributed by atoms with Gasteiger partial charge in [0, 0.05) is 17.6 Å². The molecule has 8 heteroatoms. The molecule has 1 aromatic rings. The van der Waals surface area contributed by atoms with E-state index in [4.69, 9.17) is 16.3 Å². The van der Waals surface area contributed by atoms with Gasteiger partial charge in [0.1, 0.15) is 5.69 Å². The molecule has 1 aromatic carbocycles. The summed E-state index contributed by atoms with van der Waals surface area (Å²) in [6, 6.07) is 4.44. The number of esters is 1. The predicted molar refractivity (Wildman–Crippen MR) is 72.1 cm³/mol. The maximum absolute atomic E-state index is 11.5. The Kier molecular flexibility index (Phi) is 4.41. The molecule has 20 heavy (non-hydrogen) atoms. The van der Waals surface area contributed by atoms with Crippen molar-refractivity contribution < 1.29 is 19.2 Å². The first-order chi connectivity index (χ1) is 9.52. The van der Waals surface area contributed by atoms with Crippen LogP contribution in [0, 0.1) is 10.1 Å². The van der Waals surface area contributed by atoms with E-state index in [0.29, 0.717) is 23.9 Å². The number of benzene rings is 1. The fraction of sp³-hybridized carbons (Fsp3) is 0.417. The van der Waals surface area contributed by atoms with Crippen LogP contribution in [0.1, 0.15) is 0 Å². The SMILES string of the molecule is COC(=O)C1CN(c2ccc(Cl)cc2[N+](=O)[O-])CCO1. The van der Waals surface area contributed by atoms with Gasteiger partial charge in [-0.1, -0.05) is 11.6 Å². The van der Waals surface area contributed by atoms with Gasteiger partial charge < -0.3 is 14.4 Å². The Morgan fingerprint density at radius 2 is 2.35 bits per heavy atom. The molecular weight excluding hydrogens is 288 g/mol. The Bertz CT molecular complexity index is 537. The zero-order valence-corrected chi connectivity index (χ0v) is 11.5. The number of anilines is 1. The van der Waals surface area contributed by atoms with Crippen LogP contribution in [0.15, 0.2) is 18.2 Å². The summed E-state index contributed by atoms with van der Waals surface area (Å²) in [6.07, 6.45) is -0.746. The molecule has 1 heterocycles. The maximum Gasteiger partial charge on any atom is 0.336 e. The number of carbonyl (C=O) groups excluding carboxylic acids is 1. The largest absolute Gasteiger partial charge is 0.467 e. The summed E-state index contributed by atoms with van der Waals surface area (Å²) < 4.78 is 9.92. The number of hydrogen-bond acceptors (Lipinski definition) is 6. The lowest BCUT2D eigenvalue weighted by atomic mass is 10.2. The van der Waals surface area contributed by atoms with Crippen molar-refractivity contribution in [2.45, 2.75) is 6.10 Å². The third-order valence-electron chi connectivity index (χ3n) is 3.01. The van der Waals surface area contributed by atoms with Crippen LogP contribution < -0.4 is 4.90 Å². The van der Waals surface area contributed by atoms with E-state index in [1.165, 1.54) is 13.2 Å². The summed E-state index contributed by atoms with van der Waals surface area (Å²) in [5.41, 5.74) is 0.319. The molecule has 2 rings (SSSR count). The zero-order chi connectivity index (χ0) is 14.7. The third-order valence-corrected chi connectivity index (χ3v) is 3.24. The lowest BCUT2D eigenvalue weighted by Gasteiger charge is -2.32. The van der Waals surface area contributed by atoms with Crippen LogP contribution >= 0.6 is 11.6 Å². The summed E-state index contributed by atoms with van der Waals surface area (Å²) in [7, 11) is 1.27. The van der Waals surface area contributed by atoms with E-state index in [1.807, 2.05) is 0 Å². The molecule has 0 saturated carbocycles. The van der Waals surface area contributed by atoms with Gasteiger partial charge >= 0.3 is 5.97 Å². The summed E-state index contributed by atoms with van der Waals surface area (Å²) >= 11 is 5.78. The zero-order valence-electron chi connectivity index (χ0n) is 10.7. The Labute approximate surface area is 120 Å². The molecule has 1 fully saturated rings. The second kappa shape index (κ2) is 6.06. The summed E-state index contributed by atoms with van der Waals surface area (Å²) in [6.45, 7) is 0.949. The van der Waals surface area contributed by atoms with Crippen LogP contribution in [0.25, 0.3) is 0 Å². The molecule has 1 saturated heterocycles. The fourth-order valence-corrected chi connectivity index (χ4v) is 2.22. The molecule has 7 nitrogen and oxygen atoms in total. The Balaban J connectivity index is 2.27.